The summed E-state index contributed by atoms with van der Waals surface area (Å²) in [5.41, 5.74) is 3.24. The van der Waals surface area contributed by atoms with Crippen LogP contribution in [0.4, 0.5) is 0 Å². The van der Waals surface area contributed by atoms with Crippen molar-refractivity contribution in [2.75, 3.05) is 6.26 Å². The van der Waals surface area contributed by atoms with Gasteiger partial charge in [-0.05, 0) is 41.8 Å². The Kier molecular flexibility index (Phi) is 3.41. The highest BCUT2D eigenvalue weighted by Gasteiger charge is 2.08. The molecule has 0 spiro atoms. The molecular formula is C15H13NO2S. The molecular weight excluding hydrogens is 258 g/mol. The van der Waals surface area contributed by atoms with Crippen LogP contribution < -0.4 is 0 Å². The zero-order valence-electron chi connectivity index (χ0n) is 10.7. The molecule has 0 fully saturated rings. The number of hydrogen-bond donors (Lipinski definition) is 0. The van der Waals surface area contributed by atoms with E-state index >= 15 is 0 Å². The molecule has 0 aromatic heterocycles. The molecule has 0 aliphatic heterocycles. The van der Waals surface area contributed by atoms with Gasteiger partial charge in [-0.25, -0.2) is 8.42 Å². The van der Waals surface area contributed by atoms with Crippen molar-refractivity contribution < 1.29 is 8.42 Å². The normalized spacial score (nSPS) is 11.0. The largest absolute Gasteiger partial charge is 0.224 e. The molecule has 0 heterocycles. The molecule has 2 rings (SSSR count). The quantitative estimate of drug-likeness (QED) is 0.843. The van der Waals surface area contributed by atoms with E-state index in [9.17, 15) is 8.42 Å². The van der Waals surface area contributed by atoms with Crippen LogP contribution >= 0.6 is 0 Å². The molecule has 0 saturated carbocycles. The van der Waals surface area contributed by atoms with Gasteiger partial charge in [-0.1, -0.05) is 24.3 Å². The second kappa shape index (κ2) is 4.87. The topological polar surface area (TPSA) is 57.9 Å². The van der Waals surface area contributed by atoms with Gasteiger partial charge < -0.3 is 0 Å². The molecule has 19 heavy (non-hydrogen) atoms. The number of sulfone groups is 1. The third-order valence-electron chi connectivity index (χ3n) is 2.94. The van der Waals surface area contributed by atoms with Gasteiger partial charge in [0.15, 0.2) is 9.84 Å². The smallest absolute Gasteiger partial charge is 0.175 e. The molecule has 0 bridgehead atoms. The molecule has 0 atom stereocenters. The summed E-state index contributed by atoms with van der Waals surface area (Å²) >= 11 is 0. The minimum atomic E-state index is -3.21. The summed E-state index contributed by atoms with van der Waals surface area (Å²) in [6.07, 6.45) is 1.19. The first kappa shape index (κ1) is 13.3. The summed E-state index contributed by atoms with van der Waals surface area (Å²) < 4.78 is 23.1. The average Bonchev–Trinajstić information content (AvgIpc) is 2.38. The summed E-state index contributed by atoms with van der Waals surface area (Å²) in [6.45, 7) is 1.86. The minimum absolute atomic E-state index is 0.298. The lowest BCUT2D eigenvalue weighted by atomic mass is 10.0. The van der Waals surface area contributed by atoms with Gasteiger partial charge in [-0.15, -0.1) is 0 Å². The van der Waals surface area contributed by atoms with E-state index in [1.165, 1.54) is 6.26 Å². The van der Waals surface area contributed by atoms with Gasteiger partial charge in [0.25, 0.3) is 0 Å². The summed E-state index contributed by atoms with van der Waals surface area (Å²) in [5.74, 6) is 0. The lowest BCUT2D eigenvalue weighted by Gasteiger charge is -2.06. The number of nitriles is 1. The van der Waals surface area contributed by atoms with Crippen molar-refractivity contribution in [2.24, 2.45) is 0 Å². The molecule has 2 aromatic carbocycles. The number of rotatable bonds is 2. The van der Waals surface area contributed by atoms with Crippen molar-refractivity contribution in [3.63, 3.8) is 0 Å². The molecule has 2 aromatic rings. The molecule has 4 heteroatoms. The number of aryl methyl sites for hydroxylation is 1. The van der Waals surface area contributed by atoms with Crippen LogP contribution in [0.2, 0.25) is 0 Å². The number of nitrogens with zero attached hydrogens (tertiary/aromatic N) is 1. The van der Waals surface area contributed by atoms with Crippen LogP contribution in [-0.2, 0) is 9.84 Å². The standard InChI is InChI=1S/C15H13NO2S/c1-11-8-13(6-7-14(11)10-16)12-4-3-5-15(9-12)19(2,17)18/h3-9H,1-2H3. The molecule has 0 saturated heterocycles. The molecule has 0 aliphatic carbocycles. The average molecular weight is 271 g/mol. The van der Waals surface area contributed by atoms with E-state index in [2.05, 4.69) is 6.07 Å². The van der Waals surface area contributed by atoms with Crippen molar-refractivity contribution in [3.05, 3.63) is 53.6 Å². The highest BCUT2D eigenvalue weighted by Crippen LogP contribution is 2.24. The first-order valence-electron chi connectivity index (χ1n) is 5.73. The summed E-state index contributed by atoms with van der Waals surface area (Å²) in [4.78, 5) is 0.298. The number of hydrogen-bond acceptors (Lipinski definition) is 3. The van der Waals surface area contributed by atoms with Gasteiger partial charge in [0.2, 0.25) is 0 Å². The maximum atomic E-state index is 11.5. The fraction of sp³-hybridized carbons (Fsp3) is 0.133. The zero-order chi connectivity index (χ0) is 14.0. The summed E-state index contributed by atoms with van der Waals surface area (Å²) in [7, 11) is -3.21. The fourth-order valence-electron chi connectivity index (χ4n) is 1.87. The van der Waals surface area contributed by atoms with Crippen LogP contribution in [0, 0.1) is 18.3 Å². The highest BCUT2D eigenvalue weighted by molar-refractivity contribution is 7.90. The Hall–Kier alpha value is -2.12. The maximum absolute atomic E-state index is 11.5. The molecule has 0 unspecified atom stereocenters. The lowest BCUT2D eigenvalue weighted by molar-refractivity contribution is 0.602. The zero-order valence-corrected chi connectivity index (χ0v) is 11.5. The third-order valence-corrected chi connectivity index (χ3v) is 4.05. The van der Waals surface area contributed by atoms with Crippen LogP contribution in [0.25, 0.3) is 11.1 Å². The van der Waals surface area contributed by atoms with Crippen molar-refractivity contribution in [3.8, 4) is 17.2 Å². The van der Waals surface area contributed by atoms with E-state index in [-0.39, 0.29) is 0 Å². The Morgan fingerprint density at radius 2 is 1.74 bits per heavy atom. The lowest BCUT2D eigenvalue weighted by Crippen LogP contribution is -1.96. The monoisotopic (exact) mass is 271 g/mol. The fourth-order valence-corrected chi connectivity index (χ4v) is 2.54. The van der Waals surface area contributed by atoms with E-state index in [0.717, 1.165) is 16.7 Å². The molecule has 0 aliphatic rings. The Balaban J connectivity index is 2.55. The second-order valence-corrected chi connectivity index (χ2v) is 6.46. The predicted octanol–water partition coefficient (Wildman–Crippen LogP) is 2.94. The Morgan fingerprint density at radius 3 is 2.32 bits per heavy atom. The van der Waals surface area contributed by atoms with Gasteiger partial charge in [-0.3, -0.25) is 0 Å². The SMILES string of the molecule is Cc1cc(-c2cccc(S(C)(=O)=O)c2)ccc1C#N. The van der Waals surface area contributed by atoms with E-state index < -0.39 is 9.84 Å². The maximum Gasteiger partial charge on any atom is 0.175 e. The van der Waals surface area contributed by atoms with Gasteiger partial charge >= 0.3 is 0 Å². The molecule has 0 N–H and O–H groups in total. The molecule has 3 nitrogen and oxygen atoms in total. The van der Waals surface area contributed by atoms with Gasteiger partial charge in [0.05, 0.1) is 16.5 Å². The Labute approximate surface area is 113 Å². The van der Waals surface area contributed by atoms with Crippen LogP contribution in [0.1, 0.15) is 11.1 Å². The van der Waals surface area contributed by atoms with Crippen LogP contribution in [0.15, 0.2) is 47.4 Å². The Morgan fingerprint density at radius 1 is 1.05 bits per heavy atom. The van der Waals surface area contributed by atoms with Crippen LogP contribution in [0.5, 0.6) is 0 Å². The first-order chi connectivity index (χ1) is 8.91. The van der Waals surface area contributed by atoms with Gasteiger partial charge in [-0.2, -0.15) is 5.26 Å². The second-order valence-electron chi connectivity index (χ2n) is 4.44. The minimum Gasteiger partial charge on any atom is -0.224 e. The third kappa shape index (κ3) is 2.83. The molecule has 96 valence electrons. The predicted molar refractivity (Wildman–Crippen MR) is 74.4 cm³/mol. The van der Waals surface area contributed by atoms with Crippen LogP contribution in [-0.4, -0.2) is 14.7 Å². The molecule has 0 radical (unpaired) electrons. The Bertz CT molecular complexity index is 771. The summed E-state index contributed by atoms with van der Waals surface area (Å²) in [6, 6.07) is 14.4. The highest BCUT2D eigenvalue weighted by atomic mass is 32.2. The van der Waals surface area contributed by atoms with Crippen molar-refractivity contribution in [1.29, 1.82) is 5.26 Å². The van der Waals surface area contributed by atoms with Gasteiger partial charge in [0.1, 0.15) is 0 Å². The van der Waals surface area contributed by atoms with Crippen molar-refractivity contribution >= 4 is 9.84 Å². The van der Waals surface area contributed by atoms with E-state index in [0.29, 0.717) is 10.5 Å². The van der Waals surface area contributed by atoms with E-state index in [4.69, 9.17) is 5.26 Å². The van der Waals surface area contributed by atoms with Crippen molar-refractivity contribution in [2.45, 2.75) is 11.8 Å². The van der Waals surface area contributed by atoms with Gasteiger partial charge in [0, 0.05) is 6.26 Å². The van der Waals surface area contributed by atoms with Crippen LogP contribution in [0.3, 0.4) is 0 Å². The number of benzene rings is 2. The summed E-state index contributed by atoms with van der Waals surface area (Å²) in [5, 5.41) is 8.90. The molecule has 0 amide bonds. The van der Waals surface area contributed by atoms with E-state index in [1.807, 2.05) is 25.1 Å². The van der Waals surface area contributed by atoms with Crippen molar-refractivity contribution in [1.82, 2.24) is 0 Å². The first-order valence-corrected chi connectivity index (χ1v) is 7.62. The van der Waals surface area contributed by atoms with E-state index in [1.54, 1.807) is 24.3 Å².